The van der Waals surface area contributed by atoms with Crippen molar-refractivity contribution >= 4 is 51.2 Å². The van der Waals surface area contributed by atoms with Gasteiger partial charge in [-0.05, 0) is 25.7 Å². The highest BCUT2D eigenvalue weighted by Gasteiger charge is 2.54. The number of carbonyl (C=O) groups is 6. The Labute approximate surface area is 586 Å². The van der Waals surface area contributed by atoms with Gasteiger partial charge in [-0.2, -0.15) is 0 Å². The van der Waals surface area contributed by atoms with Crippen molar-refractivity contribution in [2.45, 2.75) is 371 Å². The summed E-state index contributed by atoms with van der Waals surface area (Å²) in [7, 11) is -10.5. The van der Waals surface area contributed by atoms with E-state index in [2.05, 4.69) is 53.5 Å². The maximum Gasteiger partial charge on any atom is 0.470 e. The minimum Gasteiger partial charge on any atom is -0.456 e. The fraction of sp³-hybridized carbons (Fsp3) is 0.914. The lowest BCUT2D eigenvalue weighted by atomic mass is 9.95. The smallest absolute Gasteiger partial charge is 0.456 e. The van der Waals surface area contributed by atoms with Crippen molar-refractivity contribution in [1.29, 1.82) is 0 Å². The second kappa shape index (κ2) is 57.2. The second-order valence-corrected chi connectivity index (χ2v) is 29.2. The summed E-state index contributed by atoms with van der Waals surface area (Å²) in [4.78, 5) is 121. The van der Waals surface area contributed by atoms with E-state index in [1.807, 2.05) is 0 Å². The first kappa shape index (κ1) is 90.9. The van der Waals surface area contributed by atoms with Crippen LogP contribution in [0, 0.1) is 0 Å². The van der Waals surface area contributed by atoms with Crippen molar-refractivity contribution in [2.75, 3.05) is 39.5 Å². The monoisotopic (exact) mass is 1440 g/mol. The molecule has 0 aromatic rings. The molecule has 0 aliphatic carbocycles. The van der Waals surface area contributed by atoms with E-state index in [0.29, 0.717) is 32.1 Å². The first-order valence-corrected chi connectivity index (χ1v) is 41.0. The number of phosphoric ester groups is 2. The fourth-order valence-corrected chi connectivity index (χ4v) is 13.2. The molecule has 574 valence electrons. The van der Waals surface area contributed by atoms with Crippen LogP contribution in [-0.4, -0.2) is 166 Å². The van der Waals surface area contributed by atoms with Crippen LogP contribution in [0.1, 0.15) is 310 Å². The predicted octanol–water partition coefficient (Wildman–Crippen LogP) is 11.7. The molecule has 0 unspecified atom stereocenters. The molecule has 0 aromatic heterocycles. The quantitative estimate of drug-likeness (QED) is 0.0154. The molecule has 2 saturated heterocycles. The van der Waals surface area contributed by atoms with Gasteiger partial charge in [-0.1, -0.05) is 259 Å². The molecule has 2 fully saturated rings. The summed E-state index contributed by atoms with van der Waals surface area (Å²) in [6.45, 7) is 4.19. The van der Waals surface area contributed by atoms with E-state index < -0.39 is 152 Å². The number of aliphatic hydroxyl groups is 2. The van der Waals surface area contributed by atoms with Gasteiger partial charge in [-0.25, -0.2) is 9.13 Å². The second-order valence-electron chi connectivity index (χ2n) is 26.7. The third kappa shape index (κ3) is 45.7. The maximum atomic E-state index is 14.1. The minimum atomic E-state index is -5.52. The summed E-state index contributed by atoms with van der Waals surface area (Å²) in [5, 5.41) is 33.7. The van der Waals surface area contributed by atoms with Crippen LogP contribution in [0.4, 0.5) is 0 Å². The molecule has 10 N–H and O–H groups in total. The highest BCUT2D eigenvalue weighted by Crippen LogP contribution is 2.43. The third-order valence-corrected chi connectivity index (χ3v) is 18.9. The molecule has 0 radical (unpaired) electrons. The number of hydrogen-bond donors (Lipinski definition) is 10. The van der Waals surface area contributed by atoms with Gasteiger partial charge >= 0.3 is 27.6 Å². The Morgan fingerprint density at radius 1 is 0.388 bits per heavy atom. The van der Waals surface area contributed by atoms with Gasteiger partial charge in [-0.3, -0.25) is 37.8 Å². The Bertz CT molecular complexity index is 2200. The number of hydrogen-bond acceptors (Lipinski definition) is 18. The Balaban J connectivity index is 2.53. The Hall–Kier alpha value is -3.20. The van der Waals surface area contributed by atoms with Crippen molar-refractivity contribution in [2.24, 2.45) is 0 Å². The number of phosphoric acid groups is 2. The van der Waals surface area contributed by atoms with Crippen molar-refractivity contribution in [3.63, 3.8) is 0 Å². The van der Waals surface area contributed by atoms with Crippen molar-refractivity contribution in [3.8, 4) is 0 Å². The molecular weight excluding hydrogens is 1310 g/mol. The number of ether oxygens (including phenoxy) is 6. The Morgan fingerprint density at radius 2 is 0.704 bits per heavy atom. The van der Waals surface area contributed by atoms with Gasteiger partial charge in [0.2, 0.25) is 23.6 Å². The van der Waals surface area contributed by atoms with E-state index >= 15 is 0 Å². The normalized spacial score (nSPS) is 21.2. The fourth-order valence-electron chi connectivity index (χ4n) is 12.3. The molecule has 2 aliphatic heterocycles. The molecule has 2 aliphatic rings. The van der Waals surface area contributed by atoms with Gasteiger partial charge in [0.05, 0.1) is 26.4 Å². The Kier molecular flexibility index (Phi) is 53.1. The lowest BCUT2D eigenvalue weighted by Crippen LogP contribution is -2.68. The van der Waals surface area contributed by atoms with Crippen LogP contribution >= 0.6 is 15.6 Å². The SMILES string of the molecule is CCCCCCCCCCCCCC(=O)N[C@H]1[C@H](OC[C@H]2O[C@H](OCCOP(=O)(O)O)[C@H](NC(=O)CCCCCCCCCCCCC)[C@@H](OC(=O)CNC(=O)CCCCCCCCCCC)[C@@H]2O)O[C@H](CO)[C@@H](OP(=O)(O)O)[C@@H]1OC(=O)CNC(=O)CCCCCCCCCCC. The summed E-state index contributed by atoms with van der Waals surface area (Å²) in [6, 6.07) is -3.23. The summed E-state index contributed by atoms with van der Waals surface area (Å²) < 4.78 is 70.6. The summed E-state index contributed by atoms with van der Waals surface area (Å²) in [6.07, 6.45) is 26.3. The van der Waals surface area contributed by atoms with Gasteiger partial charge in [0, 0.05) is 25.7 Å². The molecule has 0 saturated carbocycles. The van der Waals surface area contributed by atoms with Gasteiger partial charge < -0.3 is 79.5 Å². The largest absolute Gasteiger partial charge is 0.470 e. The number of amides is 4. The van der Waals surface area contributed by atoms with Gasteiger partial charge in [0.15, 0.2) is 24.8 Å². The third-order valence-electron chi connectivity index (χ3n) is 17.9. The predicted molar refractivity (Wildman–Crippen MR) is 373 cm³/mol. The zero-order valence-corrected chi connectivity index (χ0v) is 62.0. The molecule has 0 spiro atoms. The number of carbonyl (C=O) groups excluding carboxylic acids is 6. The van der Waals surface area contributed by atoms with Gasteiger partial charge in [0.1, 0.15) is 49.6 Å². The molecule has 10 atom stereocenters. The summed E-state index contributed by atoms with van der Waals surface area (Å²) in [5.74, 6) is -4.21. The first-order valence-electron chi connectivity index (χ1n) is 37.9. The highest BCUT2D eigenvalue weighted by molar-refractivity contribution is 7.46. The summed E-state index contributed by atoms with van der Waals surface area (Å²) in [5.41, 5.74) is 0. The standard InChI is InChI=1S/C70H132N4O22P2/c1-5-9-13-17-21-25-27-31-35-39-43-47-59(78)73-63-67(94-61(80)51-71-57(76)45-41-37-33-29-23-19-15-11-7-3)65(82)56(93-69(63)89-49-50-91-97(83,84)85)54-90-70-64(74-60(79)48-44-40-36-32-28-26-22-18-14-10-6-2)68(66(55(53-75)92-70)96-98(86,87)88)95-62(81)52-72-58(77)46-42-38-34-30-24-20-16-12-8-4/h55-56,63-70,75,82H,5-54H2,1-4H3,(H,71,76)(H,72,77)(H,73,78)(H,74,79)(H2,83,84,85)(H2,86,87,88)/t55-,56-,63-,64-,65-,66-,67-,68-,69+,70-/m1/s1. The van der Waals surface area contributed by atoms with E-state index in [-0.39, 0.29) is 25.7 Å². The van der Waals surface area contributed by atoms with E-state index in [1.165, 1.54) is 83.5 Å². The number of esters is 2. The van der Waals surface area contributed by atoms with Crippen LogP contribution in [0.25, 0.3) is 0 Å². The maximum absolute atomic E-state index is 14.1. The van der Waals surface area contributed by atoms with Crippen LogP contribution in [0.3, 0.4) is 0 Å². The summed E-state index contributed by atoms with van der Waals surface area (Å²) >= 11 is 0. The molecule has 2 heterocycles. The zero-order chi connectivity index (χ0) is 72.1. The number of aliphatic hydroxyl groups excluding tert-OH is 2. The number of rotatable bonds is 63. The molecule has 4 amide bonds. The molecule has 0 bridgehead atoms. The molecule has 2 rings (SSSR count). The molecule has 28 heteroatoms. The molecule has 98 heavy (non-hydrogen) atoms. The van der Waals surface area contributed by atoms with E-state index in [0.717, 1.165) is 141 Å². The van der Waals surface area contributed by atoms with E-state index in [4.69, 9.17) is 32.9 Å². The van der Waals surface area contributed by atoms with Crippen molar-refractivity contribution in [3.05, 3.63) is 0 Å². The lowest BCUT2D eigenvalue weighted by Gasteiger charge is -2.47. The first-order chi connectivity index (χ1) is 47.2. The van der Waals surface area contributed by atoms with Crippen LogP contribution in [-0.2, 0) is 75.4 Å². The van der Waals surface area contributed by atoms with Crippen molar-refractivity contribution in [1.82, 2.24) is 21.3 Å². The van der Waals surface area contributed by atoms with Gasteiger partial charge in [0.25, 0.3) is 0 Å². The number of nitrogens with one attached hydrogen (secondary N) is 4. The van der Waals surface area contributed by atoms with Crippen LogP contribution < -0.4 is 21.3 Å². The molecule has 26 nitrogen and oxygen atoms in total. The molecule has 0 aromatic carbocycles. The number of unbranched alkanes of at least 4 members (excludes halogenated alkanes) is 36. The van der Waals surface area contributed by atoms with E-state index in [9.17, 15) is 67.7 Å². The lowest BCUT2D eigenvalue weighted by molar-refractivity contribution is -0.304. The highest BCUT2D eigenvalue weighted by atomic mass is 31.2. The van der Waals surface area contributed by atoms with Crippen LogP contribution in [0.15, 0.2) is 0 Å². The van der Waals surface area contributed by atoms with Crippen molar-refractivity contribution < 1.29 is 105 Å². The minimum absolute atomic E-state index is 0.00136. The topological polar surface area (TPSA) is 380 Å². The van der Waals surface area contributed by atoms with Gasteiger partial charge in [-0.15, -0.1) is 0 Å². The van der Waals surface area contributed by atoms with Crippen LogP contribution in [0.5, 0.6) is 0 Å². The average molecular weight is 1440 g/mol. The van der Waals surface area contributed by atoms with Crippen LogP contribution in [0.2, 0.25) is 0 Å². The zero-order valence-electron chi connectivity index (χ0n) is 60.2. The molecular formula is C70H132N4O22P2. The Morgan fingerprint density at radius 3 is 1.05 bits per heavy atom. The average Bonchev–Trinajstić information content (AvgIpc) is 0.788. The van der Waals surface area contributed by atoms with E-state index in [1.54, 1.807) is 0 Å².